The third-order valence-corrected chi connectivity index (χ3v) is 1.52. The number of hydrogen-bond acceptors (Lipinski definition) is 5. The van der Waals surface area contributed by atoms with Gasteiger partial charge in [-0.25, -0.2) is 15.8 Å². The average molecular weight is 209 g/mol. The molecule has 0 atom stereocenters. The number of nitrogen functional groups attached to an aromatic ring is 1. The first-order valence-electron chi connectivity index (χ1n) is 4.53. The quantitative estimate of drug-likeness (QED) is 0.481. The molecule has 15 heavy (non-hydrogen) atoms. The van der Waals surface area contributed by atoms with Crippen LogP contribution >= 0.6 is 0 Å². The van der Waals surface area contributed by atoms with E-state index in [2.05, 4.69) is 20.7 Å². The molecule has 0 bridgehead atoms. The molecule has 0 aromatic carbocycles. The number of nitrogens with zero attached hydrogens (tertiary/aromatic N) is 2. The first-order valence-corrected chi connectivity index (χ1v) is 4.53. The van der Waals surface area contributed by atoms with Crippen molar-refractivity contribution < 1.29 is 4.79 Å². The number of anilines is 1. The number of carbonyl (C=O) groups excluding carboxylic acids is 1. The van der Waals surface area contributed by atoms with E-state index in [0.29, 0.717) is 5.82 Å². The Balaban J connectivity index is 2.75. The average Bonchev–Trinajstić information content (AvgIpc) is 2.15. The maximum atomic E-state index is 11.6. The van der Waals surface area contributed by atoms with Crippen molar-refractivity contribution in [1.82, 2.24) is 15.3 Å². The Morgan fingerprint density at radius 2 is 2.00 bits per heavy atom. The van der Waals surface area contributed by atoms with Gasteiger partial charge in [-0.3, -0.25) is 4.79 Å². The molecule has 0 aliphatic heterocycles. The number of hydrogen-bond donors (Lipinski definition) is 3. The van der Waals surface area contributed by atoms with E-state index in [4.69, 9.17) is 5.84 Å². The van der Waals surface area contributed by atoms with Crippen molar-refractivity contribution in [3.63, 3.8) is 0 Å². The second kappa shape index (κ2) is 4.22. The molecule has 0 unspecified atom stereocenters. The first kappa shape index (κ1) is 11.4. The van der Waals surface area contributed by atoms with Crippen molar-refractivity contribution in [2.24, 2.45) is 5.84 Å². The topological polar surface area (TPSA) is 92.9 Å². The molecular formula is C9H15N5O. The highest BCUT2D eigenvalue weighted by molar-refractivity contribution is 5.92. The summed E-state index contributed by atoms with van der Waals surface area (Å²) in [6.45, 7) is 5.69. The predicted octanol–water partition coefficient (Wildman–Crippen LogP) is 0.290. The molecule has 6 heteroatoms. The van der Waals surface area contributed by atoms with Crippen LogP contribution in [0.2, 0.25) is 0 Å². The fraction of sp³-hybridized carbons (Fsp3) is 0.444. The van der Waals surface area contributed by atoms with Gasteiger partial charge in [0.1, 0.15) is 5.69 Å². The highest BCUT2D eigenvalue weighted by atomic mass is 16.2. The maximum Gasteiger partial charge on any atom is 0.271 e. The van der Waals surface area contributed by atoms with E-state index in [1.807, 2.05) is 20.8 Å². The molecule has 0 aliphatic carbocycles. The Morgan fingerprint density at radius 3 is 2.40 bits per heavy atom. The maximum absolute atomic E-state index is 11.6. The summed E-state index contributed by atoms with van der Waals surface area (Å²) >= 11 is 0. The molecular weight excluding hydrogens is 194 g/mol. The fourth-order valence-corrected chi connectivity index (χ4v) is 0.924. The normalized spacial score (nSPS) is 10.9. The first-order chi connectivity index (χ1) is 6.92. The summed E-state index contributed by atoms with van der Waals surface area (Å²) in [6, 6.07) is 0. The molecule has 0 saturated carbocycles. The van der Waals surface area contributed by atoms with E-state index in [1.54, 1.807) is 0 Å². The van der Waals surface area contributed by atoms with E-state index in [-0.39, 0.29) is 17.1 Å². The van der Waals surface area contributed by atoms with Gasteiger partial charge in [0.25, 0.3) is 5.91 Å². The van der Waals surface area contributed by atoms with E-state index < -0.39 is 0 Å². The zero-order valence-corrected chi connectivity index (χ0v) is 9.03. The fourth-order valence-electron chi connectivity index (χ4n) is 0.924. The Labute approximate surface area is 88.3 Å². The molecule has 1 heterocycles. The van der Waals surface area contributed by atoms with Crippen LogP contribution in [-0.2, 0) is 0 Å². The van der Waals surface area contributed by atoms with Crippen molar-refractivity contribution in [2.75, 3.05) is 5.43 Å². The van der Waals surface area contributed by atoms with Crippen LogP contribution < -0.4 is 16.6 Å². The monoisotopic (exact) mass is 209 g/mol. The van der Waals surface area contributed by atoms with Crippen LogP contribution in [-0.4, -0.2) is 21.4 Å². The predicted molar refractivity (Wildman–Crippen MR) is 57.1 cm³/mol. The number of aromatic nitrogens is 2. The van der Waals surface area contributed by atoms with E-state index in [1.165, 1.54) is 12.4 Å². The van der Waals surface area contributed by atoms with Crippen LogP contribution in [0.15, 0.2) is 12.4 Å². The molecule has 0 saturated heterocycles. The number of hydrazine groups is 1. The van der Waals surface area contributed by atoms with Crippen molar-refractivity contribution in [2.45, 2.75) is 26.3 Å². The Kier molecular flexibility index (Phi) is 3.21. The van der Waals surface area contributed by atoms with Gasteiger partial charge < -0.3 is 10.7 Å². The molecule has 1 aromatic rings. The van der Waals surface area contributed by atoms with Crippen LogP contribution in [0.4, 0.5) is 5.82 Å². The smallest absolute Gasteiger partial charge is 0.271 e. The Hall–Kier alpha value is -1.69. The number of nitrogens with one attached hydrogen (secondary N) is 2. The highest BCUT2D eigenvalue weighted by Crippen LogP contribution is 2.03. The summed E-state index contributed by atoms with van der Waals surface area (Å²) in [7, 11) is 0. The van der Waals surface area contributed by atoms with Gasteiger partial charge in [0, 0.05) is 5.54 Å². The summed E-state index contributed by atoms with van der Waals surface area (Å²) in [4.78, 5) is 19.4. The van der Waals surface area contributed by atoms with Gasteiger partial charge in [0.15, 0.2) is 5.82 Å². The highest BCUT2D eigenvalue weighted by Gasteiger charge is 2.16. The molecule has 0 spiro atoms. The van der Waals surface area contributed by atoms with Gasteiger partial charge >= 0.3 is 0 Å². The molecule has 1 aromatic heterocycles. The summed E-state index contributed by atoms with van der Waals surface area (Å²) < 4.78 is 0. The minimum Gasteiger partial charge on any atom is -0.346 e. The van der Waals surface area contributed by atoms with Gasteiger partial charge in [-0.05, 0) is 20.8 Å². The largest absolute Gasteiger partial charge is 0.346 e. The van der Waals surface area contributed by atoms with Crippen LogP contribution in [0.3, 0.4) is 0 Å². The number of amides is 1. The van der Waals surface area contributed by atoms with Crippen LogP contribution in [0, 0.1) is 0 Å². The lowest BCUT2D eigenvalue weighted by molar-refractivity contribution is 0.0914. The van der Waals surface area contributed by atoms with E-state index in [0.717, 1.165) is 0 Å². The van der Waals surface area contributed by atoms with E-state index >= 15 is 0 Å². The van der Waals surface area contributed by atoms with Crippen LogP contribution in [0.25, 0.3) is 0 Å². The summed E-state index contributed by atoms with van der Waals surface area (Å²) in [5.41, 5.74) is 2.32. The molecule has 0 fully saturated rings. The molecule has 6 nitrogen and oxygen atoms in total. The minimum atomic E-state index is -0.288. The van der Waals surface area contributed by atoms with Crippen LogP contribution in [0.5, 0.6) is 0 Å². The molecule has 0 radical (unpaired) electrons. The standard InChI is InChI=1S/C9H15N5O/c1-9(2,3)13-8(15)6-4-12-7(14-10)5-11-6/h4-5H,10H2,1-3H3,(H,12,14)(H,13,15). The lowest BCUT2D eigenvalue weighted by Gasteiger charge is -2.19. The molecule has 82 valence electrons. The molecule has 1 amide bonds. The number of nitrogens with two attached hydrogens (primary N) is 1. The second-order valence-corrected chi connectivity index (χ2v) is 4.14. The lowest BCUT2D eigenvalue weighted by Crippen LogP contribution is -2.41. The third-order valence-electron chi connectivity index (χ3n) is 1.52. The Bertz CT molecular complexity index is 341. The van der Waals surface area contributed by atoms with Crippen molar-refractivity contribution in [3.8, 4) is 0 Å². The van der Waals surface area contributed by atoms with Crippen molar-refractivity contribution in [3.05, 3.63) is 18.1 Å². The van der Waals surface area contributed by atoms with Crippen molar-refractivity contribution >= 4 is 11.7 Å². The number of carbonyl (C=O) groups is 1. The minimum absolute atomic E-state index is 0.251. The van der Waals surface area contributed by atoms with Gasteiger partial charge in [-0.15, -0.1) is 0 Å². The molecule has 0 aliphatic rings. The van der Waals surface area contributed by atoms with Crippen molar-refractivity contribution in [1.29, 1.82) is 0 Å². The lowest BCUT2D eigenvalue weighted by atomic mass is 10.1. The Morgan fingerprint density at radius 1 is 1.33 bits per heavy atom. The summed E-state index contributed by atoms with van der Waals surface area (Å²) in [5.74, 6) is 5.29. The second-order valence-electron chi connectivity index (χ2n) is 4.14. The van der Waals surface area contributed by atoms with E-state index in [9.17, 15) is 4.79 Å². The SMILES string of the molecule is CC(C)(C)NC(=O)c1cnc(NN)cn1. The van der Waals surface area contributed by atoms with Gasteiger partial charge in [-0.1, -0.05) is 0 Å². The van der Waals surface area contributed by atoms with Gasteiger partial charge in [-0.2, -0.15) is 0 Å². The number of rotatable bonds is 2. The zero-order chi connectivity index (χ0) is 11.5. The third kappa shape index (κ3) is 3.51. The zero-order valence-electron chi connectivity index (χ0n) is 9.03. The molecule has 4 N–H and O–H groups in total. The van der Waals surface area contributed by atoms with Gasteiger partial charge in [0.05, 0.1) is 12.4 Å². The summed E-state index contributed by atoms with van der Waals surface area (Å²) in [5, 5.41) is 2.78. The van der Waals surface area contributed by atoms with Crippen LogP contribution in [0.1, 0.15) is 31.3 Å². The molecule has 1 rings (SSSR count). The van der Waals surface area contributed by atoms with Gasteiger partial charge in [0.2, 0.25) is 0 Å². The summed E-state index contributed by atoms with van der Waals surface area (Å²) in [6.07, 6.45) is 2.77.